The van der Waals surface area contributed by atoms with Crippen LogP contribution in [-0.2, 0) is 0 Å². The molecule has 2 amide bonds. The Morgan fingerprint density at radius 2 is 1.83 bits per heavy atom. The van der Waals surface area contributed by atoms with E-state index in [9.17, 15) is 9.59 Å². The topological polar surface area (TPSA) is 104 Å². The van der Waals surface area contributed by atoms with Crippen LogP contribution in [0.2, 0.25) is 5.02 Å². The van der Waals surface area contributed by atoms with Crippen molar-refractivity contribution in [1.82, 2.24) is 9.88 Å². The zero-order chi connectivity index (χ0) is 25.8. The highest BCUT2D eigenvalue weighted by Gasteiger charge is 2.25. The summed E-state index contributed by atoms with van der Waals surface area (Å²) in [4.78, 5) is 33.2. The van der Waals surface area contributed by atoms with Crippen LogP contribution in [0, 0.1) is 0 Å². The van der Waals surface area contributed by atoms with Gasteiger partial charge in [-0.05, 0) is 67.5 Å². The Kier molecular flexibility index (Phi) is 8.07. The number of nitrogens with two attached hydrogens (primary N) is 1. The van der Waals surface area contributed by atoms with E-state index in [0.717, 1.165) is 42.3 Å². The standard InChI is InChI=1S/C25H27ClN6O2S2/c1-31(2)18-6-4-17(5-7-18)28-25(35)32-11-9-15(10-12-32)24-30-21(14-36-24)23(34)29-20-8-3-16(26)13-19(20)22(27)33/h3-8,13-15H,9-12H2,1-2H3,(H2,27,33)(H,28,35)(H,29,34). The third-order valence-electron chi connectivity index (χ3n) is 6.02. The zero-order valence-corrected chi connectivity index (χ0v) is 22.3. The fourth-order valence-corrected chi connectivity index (χ4v) is 5.41. The molecule has 0 unspecified atom stereocenters. The number of carbonyl (C=O) groups excluding carboxylic acids is 2. The lowest BCUT2D eigenvalue weighted by Gasteiger charge is -2.33. The number of halogens is 1. The number of piperidine rings is 1. The first-order valence-electron chi connectivity index (χ1n) is 11.4. The largest absolute Gasteiger partial charge is 0.378 e. The number of likely N-dealkylation sites (tertiary alicyclic amines) is 1. The second-order valence-electron chi connectivity index (χ2n) is 8.71. The number of anilines is 3. The van der Waals surface area contributed by atoms with Crippen molar-refractivity contribution in [2.24, 2.45) is 5.73 Å². The number of aromatic nitrogens is 1. The molecule has 1 aliphatic heterocycles. The van der Waals surface area contributed by atoms with Gasteiger partial charge in [0.25, 0.3) is 11.8 Å². The van der Waals surface area contributed by atoms with Crippen molar-refractivity contribution >= 4 is 69.1 Å². The Hall–Kier alpha value is -3.21. The zero-order valence-electron chi connectivity index (χ0n) is 20.0. The number of rotatable bonds is 6. The van der Waals surface area contributed by atoms with Crippen molar-refractivity contribution in [3.8, 4) is 0 Å². The van der Waals surface area contributed by atoms with Gasteiger partial charge in [-0.3, -0.25) is 9.59 Å². The van der Waals surface area contributed by atoms with Gasteiger partial charge in [0.05, 0.1) is 16.3 Å². The van der Waals surface area contributed by atoms with E-state index in [-0.39, 0.29) is 11.5 Å². The average Bonchev–Trinajstić information content (AvgIpc) is 3.36. The predicted molar refractivity (Wildman–Crippen MR) is 151 cm³/mol. The highest BCUT2D eigenvalue weighted by molar-refractivity contribution is 7.80. The smallest absolute Gasteiger partial charge is 0.275 e. The molecule has 0 spiro atoms. The van der Waals surface area contributed by atoms with Crippen LogP contribution in [0.4, 0.5) is 17.1 Å². The summed E-state index contributed by atoms with van der Waals surface area (Å²) >= 11 is 13.0. The van der Waals surface area contributed by atoms with Crippen molar-refractivity contribution in [1.29, 1.82) is 0 Å². The van der Waals surface area contributed by atoms with Gasteiger partial charge in [-0.15, -0.1) is 11.3 Å². The van der Waals surface area contributed by atoms with Gasteiger partial charge in [0, 0.05) is 54.9 Å². The summed E-state index contributed by atoms with van der Waals surface area (Å²) in [6.45, 7) is 1.61. The Morgan fingerprint density at radius 1 is 1.14 bits per heavy atom. The second kappa shape index (κ2) is 11.2. The summed E-state index contributed by atoms with van der Waals surface area (Å²) < 4.78 is 0. The summed E-state index contributed by atoms with van der Waals surface area (Å²) in [5, 5.41) is 9.76. The van der Waals surface area contributed by atoms with E-state index in [1.807, 2.05) is 26.2 Å². The predicted octanol–water partition coefficient (Wildman–Crippen LogP) is 4.79. The van der Waals surface area contributed by atoms with E-state index in [4.69, 9.17) is 29.6 Å². The van der Waals surface area contributed by atoms with Crippen LogP contribution < -0.4 is 21.3 Å². The first kappa shape index (κ1) is 25.9. The van der Waals surface area contributed by atoms with Crippen LogP contribution in [0.15, 0.2) is 47.8 Å². The third-order valence-corrected chi connectivity index (χ3v) is 7.62. The maximum Gasteiger partial charge on any atom is 0.275 e. The molecule has 4 N–H and O–H groups in total. The van der Waals surface area contributed by atoms with Gasteiger partial charge in [-0.1, -0.05) is 11.6 Å². The molecule has 2 heterocycles. The van der Waals surface area contributed by atoms with Gasteiger partial charge >= 0.3 is 0 Å². The van der Waals surface area contributed by atoms with Crippen molar-refractivity contribution in [3.05, 3.63) is 69.1 Å². The van der Waals surface area contributed by atoms with E-state index in [0.29, 0.717) is 21.5 Å². The molecule has 0 radical (unpaired) electrons. The molecule has 0 atom stereocenters. The molecule has 4 rings (SSSR count). The van der Waals surface area contributed by atoms with Crippen molar-refractivity contribution in [2.45, 2.75) is 18.8 Å². The number of nitrogens with one attached hydrogen (secondary N) is 2. The van der Waals surface area contributed by atoms with Crippen molar-refractivity contribution in [3.63, 3.8) is 0 Å². The molecule has 2 aromatic carbocycles. The monoisotopic (exact) mass is 542 g/mol. The second-order valence-corrected chi connectivity index (χ2v) is 10.4. The van der Waals surface area contributed by atoms with E-state index in [1.165, 1.54) is 17.4 Å². The molecular formula is C25H27ClN6O2S2. The minimum Gasteiger partial charge on any atom is -0.378 e. The Morgan fingerprint density at radius 3 is 2.47 bits per heavy atom. The van der Waals surface area contributed by atoms with Gasteiger partial charge in [0.2, 0.25) is 0 Å². The molecule has 1 aromatic heterocycles. The summed E-state index contributed by atoms with van der Waals surface area (Å²) in [7, 11) is 4.02. The molecule has 0 aliphatic carbocycles. The summed E-state index contributed by atoms with van der Waals surface area (Å²) in [5.41, 5.74) is 8.26. The summed E-state index contributed by atoms with van der Waals surface area (Å²) in [6, 6.07) is 12.7. The minimum atomic E-state index is -0.670. The minimum absolute atomic E-state index is 0.150. The van der Waals surface area contributed by atoms with Crippen molar-refractivity contribution in [2.75, 3.05) is 42.7 Å². The van der Waals surface area contributed by atoms with Crippen molar-refractivity contribution < 1.29 is 9.59 Å². The third kappa shape index (κ3) is 6.13. The quantitative estimate of drug-likeness (QED) is 0.385. The van der Waals surface area contributed by atoms with E-state index in [1.54, 1.807) is 17.5 Å². The molecule has 188 valence electrons. The molecule has 1 aliphatic rings. The van der Waals surface area contributed by atoms with E-state index < -0.39 is 11.8 Å². The lowest BCUT2D eigenvalue weighted by atomic mass is 9.98. The Balaban J connectivity index is 1.32. The number of nitrogens with zero attached hydrogens (tertiary/aromatic N) is 3. The van der Waals surface area contributed by atoms with E-state index in [2.05, 4.69) is 37.6 Å². The highest BCUT2D eigenvalue weighted by Crippen LogP contribution is 2.31. The fourth-order valence-electron chi connectivity index (χ4n) is 3.97. The molecule has 0 saturated carbocycles. The number of thiocarbonyl (C=S) groups is 1. The van der Waals surface area contributed by atoms with Gasteiger partial charge in [-0.2, -0.15) is 0 Å². The molecule has 3 aromatic rings. The van der Waals surface area contributed by atoms with E-state index >= 15 is 0 Å². The highest BCUT2D eigenvalue weighted by atomic mass is 35.5. The summed E-state index contributed by atoms with van der Waals surface area (Å²) in [5.74, 6) is -0.811. The normalized spacial score (nSPS) is 13.8. The van der Waals surface area contributed by atoms with Gasteiger partial charge in [0.15, 0.2) is 5.11 Å². The van der Waals surface area contributed by atoms with Crippen LogP contribution in [-0.4, -0.2) is 54.0 Å². The Labute approximate surface area is 224 Å². The molecule has 11 heteroatoms. The molecule has 0 bridgehead atoms. The number of benzene rings is 2. The molecule has 36 heavy (non-hydrogen) atoms. The Bertz CT molecular complexity index is 1270. The number of hydrogen-bond acceptors (Lipinski definition) is 6. The van der Waals surface area contributed by atoms with Crippen LogP contribution in [0.3, 0.4) is 0 Å². The van der Waals surface area contributed by atoms with Gasteiger partial charge in [-0.25, -0.2) is 4.98 Å². The number of thiazole rings is 1. The maximum atomic E-state index is 12.8. The molecule has 8 nitrogen and oxygen atoms in total. The number of carbonyl (C=O) groups is 2. The first-order chi connectivity index (χ1) is 17.2. The van der Waals surface area contributed by atoms with Crippen LogP contribution in [0.25, 0.3) is 0 Å². The molecular weight excluding hydrogens is 516 g/mol. The fraction of sp³-hybridized carbons (Fsp3) is 0.280. The lowest BCUT2D eigenvalue weighted by Crippen LogP contribution is -2.40. The maximum absolute atomic E-state index is 12.8. The molecule has 1 fully saturated rings. The van der Waals surface area contributed by atoms with Gasteiger partial charge in [0.1, 0.15) is 5.69 Å². The number of primary amides is 1. The summed E-state index contributed by atoms with van der Waals surface area (Å²) in [6.07, 6.45) is 1.78. The number of amides is 2. The lowest BCUT2D eigenvalue weighted by molar-refractivity contribution is 0.100. The first-order valence-corrected chi connectivity index (χ1v) is 13.1. The average molecular weight is 543 g/mol. The number of hydrogen-bond donors (Lipinski definition) is 3. The van der Waals surface area contributed by atoms with Crippen LogP contribution in [0.1, 0.15) is 44.6 Å². The van der Waals surface area contributed by atoms with Gasteiger partial charge < -0.3 is 26.2 Å². The SMILES string of the molecule is CN(C)c1ccc(NC(=S)N2CCC(c3nc(C(=O)Nc4ccc(Cl)cc4C(N)=O)cs3)CC2)cc1. The van der Waals surface area contributed by atoms with Crippen LogP contribution >= 0.6 is 35.2 Å². The van der Waals surface area contributed by atoms with Crippen LogP contribution in [0.5, 0.6) is 0 Å². The molecule has 1 saturated heterocycles.